The summed E-state index contributed by atoms with van der Waals surface area (Å²) in [6.45, 7) is 7.43. The van der Waals surface area contributed by atoms with Gasteiger partial charge in [-0.25, -0.2) is 8.42 Å². The molecule has 1 fully saturated rings. The molecule has 0 heterocycles. The van der Waals surface area contributed by atoms with Crippen molar-refractivity contribution in [1.82, 2.24) is 10.2 Å². The summed E-state index contributed by atoms with van der Waals surface area (Å²) in [7, 11) is -3.76. The minimum atomic E-state index is -3.76. The maximum atomic E-state index is 13.9. The summed E-state index contributed by atoms with van der Waals surface area (Å²) in [5, 5.41) is 3.17. The predicted octanol–water partition coefficient (Wildman–Crippen LogP) is 4.63. The van der Waals surface area contributed by atoms with Gasteiger partial charge in [-0.3, -0.25) is 13.9 Å². The van der Waals surface area contributed by atoms with Crippen LogP contribution in [-0.4, -0.2) is 50.0 Å². The van der Waals surface area contributed by atoms with Crippen molar-refractivity contribution in [2.24, 2.45) is 0 Å². The molecule has 0 spiro atoms. The number of amides is 2. The molecule has 2 aromatic carbocycles. The Morgan fingerprint density at radius 3 is 2.30 bits per heavy atom. The van der Waals surface area contributed by atoms with Crippen LogP contribution >= 0.6 is 0 Å². The average molecular weight is 528 g/mol. The Morgan fingerprint density at radius 1 is 1.00 bits per heavy atom. The van der Waals surface area contributed by atoms with Crippen molar-refractivity contribution in [3.8, 4) is 0 Å². The van der Waals surface area contributed by atoms with Crippen LogP contribution in [0.1, 0.15) is 67.7 Å². The van der Waals surface area contributed by atoms with E-state index in [2.05, 4.69) is 5.32 Å². The number of nitrogens with zero attached hydrogens (tertiary/aromatic N) is 2. The molecule has 0 aliphatic heterocycles. The third kappa shape index (κ3) is 7.57. The second-order valence-corrected chi connectivity index (χ2v) is 12.2. The highest BCUT2D eigenvalue weighted by Gasteiger charge is 2.33. The third-order valence-corrected chi connectivity index (χ3v) is 8.38. The van der Waals surface area contributed by atoms with Gasteiger partial charge in [-0.2, -0.15) is 0 Å². The fourth-order valence-electron chi connectivity index (χ4n) is 5.02. The first-order valence-electron chi connectivity index (χ1n) is 13.2. The highest BCUT2D eigenvalue weighted by molar-refractivity contribution is 7.92. The molecule has 202 valence electrons. The van der Waals surface area contributed by atoms with Gasteiger partial charge >= 0.3 is 0 Å². The number of carbonyl (C=O) groups is 2. The van der Waals surface area contributed by atoms with E-state index >= 15 is 0 Å². The van der Waals surface area contributed by atoms with Crippen LogP contribution in [0.2, 0.25) is 0 Å². The summed E-state index contributed by atoms with van der Waals surface area (Å²) >= 11 is 0. The lowest BCUT2D eigenvalue weighted by Gasteiger charge is -2.34. The van der Waals surface area contributed by atoms with Crippen LogP contribution in [0.4, 0.5) is 5.69 Å². The molecular formula is C29H41N3O4S. The Balaban J connectivity index is 1.95. The van der Waals surface area contributed by atoms with Crippen molar-refractivity contribution < 1.29 is 18.0 Å². The summed E-state index contributed by atoms with van der Waals surface area (Å²) in [6.07, 6.45) is 6.80. The van der Waals surface area contributed by atoms with Crippen LogP contribution in [0.15, 0.2) is 42.5 Å². The molecule has 1 atom stereocenters. The first-order chi connectivity index (χ1) is 17.5. The molecule has 3 rings (SSSR count). The van der Waals surface area contributed by atoms with E-state index in [4.69, 9.17) is 0 Å². The Bertz CT molecular complexity index is 1210. The molecule has 1 N–H and O–H groups in total. The lowest BCUT2D eigenvalue weighted by Crippen LogP contribution is -2.54. The molecule has 0 aromatic heterocycles. The number of aryl methyl sites for hydroxylation is 3. The quantitative estimate of drug-likeness (QED) is 0.488. The lowest BCUT2D eigenvalue weighted by molar-refractivity contribution is -0.140. The Kier molecular flexibility index (Phi) is 9.76. The second kappa shape index (κ2) is 12.6. The summed E-state index contributed by atoms with van der Waals surface area (Å²) < 4.78 is 26.9. The van der Waals surface area contributed by atoms with Gasteiger partial charge in [0.2, 0.25) is 21.8 Å². The average Bonchev–Trinajstić information content (AvgIpc) is 2.85. The number of hydrogen-bond donors (Lipinski definition) is 1. The summed E-state index contributed by atoms with van der Waals surface area (Å²) in [6, 6.07) is 12.7. The summed E-state index contributed by atoms with van der Waals surface area (Å²) in [5.41, 5.74) is 4.08. The van der Waals surface area contributed by atoms with E-state index in [0.29, 0.717) is 12.1 Å². The highest BCUT2D eigenvalue weighted by atomic mass is 32.2. The molecule has 2 amide bonds. The number of hydrogen-bond acceptors (Lipinski definition) is 4. The number of carbonyl (C=O) groups excluding carboxylic acids is 2. The molecule has 2 aromatic rings. The van der Waals surface area contributed by atoms with Gasteiger partial charge in [0.05, 0.1) is 11.9 Å². The molecule has 1 aliphatic carbocycles. The van der Waals surface area contributed by atoms with E-state index in [1.54, 1.807) is 11.0 Å². The van der Waals surface area contributed by atoms with Crippen molar-refractivity contribution >= 4 is 27.5 Å². The number of sulfonamides is 1. The van der Waals surface area contributed by atoms with Crippen LogP contribution in [0.25, 0.3) is 0 Å². The SMILES string of the molecule is CCC(C(=O)NC1CCCCC1)N(Cc1ccccc1C)C(=O)CN(c1cc(C)ccc1C)S(C)(=O)=O. The van der Waals surface area contributed by atoms with Crippen molar-refractivity contribution in [3.63, 3.8) is 0 Å². The van der Waals surface area contributed by atoms with Gasteiger partial charge in [0.15, 0.2) is 0 Å². The first-order valence-corrected chi connectivity index (χ1v) is 15.1. The Morgan fingerprint density at radius 2 is 1.68 bits per heavy atom. The third-order valence-electron chi connectivity index (χ3n) is 7.25. The zero-order valence-electron chi connectivity index (χ0n) is 22.8. The fourth-order valence-corrected chi connectivity index (χ4v) is 5.92. The lowest BCUT2D eigenvalue weighted by atomic mass is 9.95. The van der Waals surface area contributed by atoms with Gasteiger partial charge in [0.1, 0.15) is 12.6 Å². The van der Waals surface area contributed by atoms with Gasteiger partial charge in [-0.1, -0.05) is 62.6 Å². The number of rotatable bonds is 10. The maximum Gasteiger partial charge on any atom is 0.244 e. The smallest absolute Gasteiger partial charge is 0.244 e. The van der Waals surface area contributed by atoms with Crippen molar-refractivity contribution in [2.75, 3.05) is 17.1 Å². The van der Waals surface area contributed by atoms with E-state index in [1.807, 2.05) is 64.1 Å². The molecule has 1 saturated carbocycles. The van der Waals surface area contributed by atoms with E-state index in [9.17, 15) is 18.0 Å². The Labute approximate surface area is 222 Å². The highest BCUT2D eigenvalue weighted by Crippen LogP contribution is 2.25. The first kappa shape index (κ1) is 28.7. The molecule has 37 heavy (non-hydrogen) atoms. The van der Waals surface area contributed by atoms with Gasteiger partial charge in [0.25, 0.3) is 0 Å². The van der Waals surface area contributed by atoms with Crippen LogP contribution in [0.5, 0.6) is 0 Å². The Hall–Kier alpha value is -2.87. The van der Waals surface area contributed by atoms with E-state index in [1.165, 1.54) is 6.42 Å². The summed E-state index contributed by atoms with van der Waals surface area (Å²) in [5.74, 6) is -0.575. The minimum Gasteiger partial charge on any atom is -0.352 e. The van der Waals surface area contributed by atoms with E-state index < -0.39 is 22.0 Å². The maximum absolute atomic E-state index is 13.9. The number of anilines is 1. The molecule has 8 heteroatoms. The molecular weight excluding hydrogens is 486 g/mol. The van der Waals surface area contributed by atoms with Crippen molar-refractivity contribution in [3.05, 3.63) is 64.7 Å². The monoisotopic (exact) mass is 527 g/mol. The van der Waals surface area contributed by atoms with Crippen LogP contribution < -0.4 is 9.62 Å². The van der Waals surface area contributed by atoms with E-state index in [0.717, 1.165) is 58.5 Å². The van der Waals surface area contributed by atoms with E-state index in [-0.39, 0.29) is 25.0 Å². The molecule has 0 bridgehead atoms. The van der Waals surface area contributed by atoms with Gasteiger partial charge in [0, 0.05) is 12.6 Å². The summed E-state index contributed by atoms with van der Waals surface area (Å²) in [4.78, 5) is 29.0. The minimum absolute atomic E-state index is 0.119. The normalized spacial score (nSPS) is 15.2. The largest absolute Gasteiger partial charge is 0.352 e. The van der Waals surface area contributed by atoms with Crippen molar-refractivity contribution in [2.45, 2.75) is 84.8 Å². The molecule has 7 nitrogen and oxygen atoms in total. The van der Waals surface area contributed by atoms with Crippen LogP contribution in [0.3, 0.4) is 0 Å². The van der Waals surface area contributed by atoms with Gasteiger partial charge in [-0.05, 0) is 68.4 Å². The molecule has 0 saturated heterocycles. The molecule has 1 aliphatic rings. The molecule has 1 unspecified atom stereocenters. The van der Waals surface area contributed by atoms with Crippen LogP contribution in [-0.2, 0) is 26.2 Å². The van der Waals surface area contributed by atoms with Gasteiger partial charge in [-0.15, -0.1) is 0 Å². The number of nitrogens with one attached hydrogen (secondary N) is 1. The predicted molar refractivity (Wildman–Crippen MR) is 149 cm³/mol. The van der Waals surface area contributed by atoms with Crippen LogP contribution in [0, 0.1) is 20.8 Å². The zero-order chi connectivity index (χ0) is 27.2. The zero-order valence-corrected chi connectivity index (χ0v) is 23.6. The van der Waals surface area contributed by atoms with Crippen molar-refractivity contribution in [1.29, 1.82) is 0 Å². The topological polar surface area (TPSA) is 86.8 Å². The fraction of sp³-hybridized carbons (Fsp3) is 0.517. The number of benzene rings is 2. The second-order valence-electron chi connectivity index (χ2n) is 10.3. The molecule has 0 radical (unpaired) electrons. The standard InChI is InChI=1S/C29H41N3O4S/c1-6-26(29(34)30-25-14-8-7-9-15-25)31(19-24-13-11-10-12-22(24)3)28(33)20-32(37(5,35)36)27-18-21(2)16-17-23(27)4/h10-13,16-18,25-26H,6-9,14-15,19-20H2,1-5H3,(H,30,34). The van der Waals surface area contributed by atoms with Gasteiger partial charge < -0.3 is 10.2 Å².